The Labute approximate surface area is 114 Å². The van der Waals surface area contributed by atoms with E-state index < -0.39 is 0 Å². The zero-order chi connectivity index (χ0) is 13.8. The second-order valence-electron chi connectivity index (χ2n) is 5.31. The number of esters is 1. The summed E-state index contributed by atoms with van der Waals surface area (Å²) >= 11 is 0. The summed E-state index contributed by atoms with van der Waals surface area (Å²) in [5.74, 6) is -0.254. The van der Waals surface area contributed by atoms with Crippen LogP contribution in [-0.2, 0) is 11.3 Å². The molecule has 4 heteroatoms. The molecule has 19 heavy (non-hydrogen) atoms. The molecule has 4 nitrogen and oxygen atoms in total. The Morgan fingerprint density at radius 1 is 1.37 bits per heavy atom. The molecule has 0 saturated heterocycles. The molecule has 1 fully saturated rings. The van der Waals surface area contributed by atoms with Gasteiger partial charge in [0.1, 0.15) is 5.69 Å². The lowest BCUT2D eigenvalue weighted by Crippen LogP contribution is -2.25. The van der Waals surface area contributed by atoms with Crippen LogP contribution in [0.25, 0.3) is 0 Å². The molecule has 0 amide bonds. The van der Waals surface area contributed by atoms with Crippen molar-refractivity contribution in [3.63, 3.8) is 0 Å². The average Bonchev–Trinajstić information content (AvgIpc) is 2.97. The third kappa shape index (κ3) is 3.18. The molecule has 0 bridgehead atoms. The van der Waals surface area contributed by atoms with Crippen LogP contribution < -0.4 is 5.32 Å². The second kappa shape index (κ2) is 6.24. The number of aromatic amines is 1. The number of H-pyrrole nitrogens is 1. The van der Waals surface area contributed by atoms with Crippen molar-refractivity contribution in [2.24, 2.45) is 0 Å². The maximum Gasteiger partial charge on any atom is 0.355 e. The van der Waals surface area contributed by atoms with Crippen molar-refractivity contribution < 1.29 is 9.53 Å². The number of carbonyl (C=O) groups is 1. The molecule has 1 heterocycles. The van der Waals surface area contributed by atoms with Gasteiger partial charge in [-0.1, -0.05) is 12.8 Å². The van der Waals surface area contributed by atoms with Gasteiger partial charge in [-0.3, -0.25) is 0 Å². The number of ether oxygens (including phenoxy) is 1. The monoisotopic (exact) mass is 264 g/mol. The minimum atomic E-state index is -0.254. The van der Waals surface area contributed by atoms with Gasteiger partial charge in [-0.25, -0.2) is 4.79 Å². The fourth-order valence-electron chi connectivity index (χ4n) is 2.84. The summed E-state index contributed by atoms with van der Waals surface area (Å²) in [6.45, 7) is 7.07. The van der Waals surface area contributed by atoms with Crippen molar-refractivity contribution in [1.29, 1.82) is 0 Å². The first-order chi connectivity index (χ1) is 9.13. The number of hydrogen-bond acceptors (Lipinski definition) is 3. The summed E-state index contributed by atoms with van der Waals surface area (Å²) in [4.78, 5) is 15.0. The summed E-state index contributed by atoms with van der Waals surface area (Å²) in [6.07, 6.45) is 5.20. The first kappa shape index (κ1) is 14.1. The maximum absolute atomic E-state index is 11.8. The normalized spacial score (nSPS) is 15.9. The number of aromatic nitrogens is 1. The van der Waals surface area contributed by atoms with Crippen LogP contribution in [0, 0.1) is 13.8 Å². The molecule has 0 atom stereocenters. The van der Waals surface area contributed by atoms with Crippen LogP contribution in [0.5, 0.6) is 0 Å². The zero-order valence-corrected chi connectivity index (χ0v) is 12.1. The standard InChI is InChI=1S/C15H24N2O2/c1-4-19-15(18)14-10(2)13(11(3)17-14)9-16-12-7-5-6-8-12/h12,16-17H,4-9H2,1-3H3. The molecular formula is C15H24N2O2. The number of hydrogen-bond donors (Lipinski definition) is 2. The lowest BCUT2D eigenvalue weighted by atomic mass is 10.1. The van der Waals surface area contributed by atoms with Gasteiger partial charge in [0.2, 0.25) is 0 Å². The van der Waals surface area contributed by atoms with Crippen LogP contribution in [0.1, 0.15) is 59.9 Å². The van der Waals surface area contributed by atoms with Crippen molar-refractivity contribution in [2.75, 3.05) is 6.61 Å². The molecule has 0 unspecified atom stereocenters. The Morgan fingerprint density at radius 3 is 2.68 bits per heavy atom. The Bertz CT molecular complexity index is 445. The van der Waals surface area contributed by atoms with E-state index in [4.69, 9.17) is 4.74 Å². The fraction of sp³-hybridized carbons (Fsp3) is 0.667. The molecule has 1 aliphatic rings. The highest BCUT2D eigenvalue weighted by Gasteiger charge is 2.20. The lowest BCUT2D eigenvalue weighted by molar-refractivity contribution is 0.0519. The third-order valence-corrected chi connectivity index (χ3v) is 4.00. The van der Waals surface area contributed by atoms with E-state index in [0.717, 1.165) is 17.8 Å². The molecule has 2 rings (SSSR count). The molecule has 1 aromatic rings. The van der Waals surface area contributed by atoms with E-state index in [2.05, 4.69) is 10.3 Å². The molecule has 0 aromatic carbocycles. The van der Waals surface area contributed by atoms with E-state index in [0.29, 0.717) is 18.3 Å². The molecule has 1 aliphatic carbocycles. The molecule has 0 radical (unpaired) electrons. The summed E-state index contributed by atoms with van der Waals surface area (Å²) in [6, 6.07) is 0.639. The first-order valence-electron chi connectivity index (χ1n) is 7.22. The minimum absolute atomic E-state index is 0.254. The van der Waals surface area contributed by atoms with Crippen molar-refractivity contribution >= 4 is 5.97 Å². The van der Waals surface area contributed by atoms with Gasteiger partial charge in [0.25, 0.3) is 0 Å². The van der Waals surface area contributed by atoms with E-state index >= 15 is 0 Å². The Balaban J connectivity index is 2.05. The van der Waals surface area contributed by atoms with Gasteiger partial charge >= 0.3 is 5.97 Å². The van der Waals surface area contributed by atoms with Gasteiger partial charge in [0.05, 0.1) is 6.61 Å². The van der Waals surface area contributed by atoms with E-state index in [-0.39, 0.29) is 5.97 Å². The Kier molecular flexibility index (Phi) is 4.64. The van der Waals surface area contributed by atoms with Crippen molar-refractivity contribution in [3.8, 4) is 0 Å². The lowest BCUT2D eigenvalue weighted by Gasteiger charge is -2.12. The zero-order valence-electron chi connectivity index (χ0n) is 12.1. The molecule has 2 N–H and O–H groups in total. The van der Waals surface area contributed by atoms with Crippen molar-refractivity contribution in [2.45, 2.75) is 59.0 Å². The molecule has 106 valence electrons. The van der Waals surface area contributed by atoms with Gasteiger partial charge in [0, 0.05) is 18.3 Å². The molecule has 1 aromatic heterocycles. The Hall–Kier alpha value is -1.29. The van der Waals surface area contributed by atoms with Crippen LogP contribution in [0.2, 0.25) is 0 Å². The SMILES string of the molecule is CCOC(=O)c1[nH]c(C)c(CNC2CCCC2)c1C. The topological polar surface area (TPSA) is 54.1 Å². The summed E-state index contributed by atoms with van der Waals surface area (Å²) in [7, 11) is 0. The van der Waals surface area contributed by atoms with Crippen LogP contribution in [0.15, 0.2) is 0 Å². The number of nitrogens with one attached hydrogen (secondary N) is 2. The summed E-state index contributed by atoms with van der Waals surface area (Å²) in [5.41, 5.74) is 3.88. The van der Waals surface area contributed by atoms with Gasteiger partial charge < -0.3 is 15.0 Å². The van der Waals surface area contributed by atoms with E-state index in [1.165, 1.54) is 31.2 Å². The second-order valence-corrected chi connectivity index (χ2v) is 5.31. The van der Waals surface area contributed by atoms with Crippen molar-refractivity contribution in [3.05, 3.63) is 22.5 Å². The fourth-order valence-corrected chi connectivity index (χ4v) is 2.84. The van der Waals surface area contributed by atoms with Crippen LogP contribution in [-0.4, -0.2) is 23.6 Å². The molecule has 0 spiro atoms. The van der Waals surface area contributed by atoms with Gasteiger partial charge in [-0.15, -0.1) is 0 Å². The largest absolute Gasteiger partial charge is 0.461 e. The van der Waals surface area contributed by atoms with Crippen LogP contribution >= 0.6 is 0 Å². The molecular weight excluding hydrogens is 240 g/mol. The maximum atomic E-state index is 11.8. The van der Waals surface area contributed by atoms with E-state index in [1.807, 2.05) is 20.8 Å². The number of carbonyl (C=O) groups excluding carboxylic acids is 1. The smallest absolute Gasteiger partial charge is 0.355 e. The van der Waals surface area contributed by atoms with E-state index in [1.54, 1.807) is 0 Å². The van der Waals surface area contributed by atoms with Gasteiger partial charge in [-0.2, -0.15) is 0 Å². The van der Waals surface area contributed by atoms with Gasteiger partial charge in [-0.05, 0) is 44.7 Å². The highest BCUT2D eigenvalue weighted by atomic mass is 16.5. The first-order valence-corrected chi connectivity index (χ1v) is 7.22. The predicted molar refractivity (Wildman–Crippen MR) is 75.3 cm³/mol. The predicted octanol–water partition coefficient (Wildman–Crippen LogP) is 2.84. The molecule has 1 saturated carbocycles. The number of rotatable bonds is 5. The highest BCUT2D eigenvalue weighted by Crippen LogP contribution is 2.21. The minimum Gasteiger partial charge on any atom is -0.461 e. The third-order valence-electron chi connectivity index (χ3n) is 4.00. The quantitative estimate of drug-likeness (QED) is 0.804. The summed E-state index contributed by atoms with van der Waals surface area (Å²) < 4.78 is 5.06. The average molecular weight is 264 g/mol. The van der Waals surface area contributed by atoms with Crippen molar-refractivity contribution in [1.82, 2.24) is 10.3 Å². The van der Waals surface area contributed by atoms with Crippen LogP contribution in [0.4, 0.5) is 0 Å². The van der Waals surface area contributed by atoms with E-state index in [9.17, 15) is 4.79 Å². The summed E-state index contributed by atoms with van der Waals surface area (Å²) in [5, 5.41) is 3.59. The Morgan fingerprint density at radius 2 is 2.05 bits per heavy atom. The molecule has 0 aliphatic heterocycles. The van der Waals surface area contributed by atoms with Crippen LogP contribution in [0.3, 0.4) is 0 Å². The number of aryl methyl sites for hydroxylation is 1. The van der Waals surface area contributed by atoms with Gasteiger partial charge in [0.15, 0.2) is 0 Å². The highest BCUT2D eigenvalue weighted by molar-refractivity contribution is 5.89.